The van der Waals surface area contributed by atoms with Gasteiger partial charge in [-0.15, -0.1) is 0 Å². The van der Waals surface area contributed by atoms with Crippen LogP contribution in [0.3, 0.4) is 0 Å². The van der Waals surface area contributed by atoms with Crippen LogP contribution in [0.2, 0.25) is 0 Å². The molecule has 3 nitrogen and oxygen atoms in total. The van der Waals surface area contributed by atoms with E-state index in [4.69, 9.17) is 0 Å². The third-order valence-electron chi connectivity index (χ3n) is 3.75. The number of carboxylic acids is 1. The van der Waals surface area contributed by atoms with Gasteiger partial charge < -0.3 is 10.2 Å². The molecule has 1 aliphatic carbocycles. The van der Waals surface area contributed by atoms with Crippen LogP contribution in [-0.4, -0.2) is 16.2 Å². The van der Waals surface area contributed by atoms with Crippen LogP contribution in [0.4, 0.5) is 0 Å². The summed E-state index contributed by atoms with van der Waals surface area (Å²) in [5.74, 6) is -1.37. The molecule has 1 aromatic rings. The molecule has 4 heteroatoms. The maximum atomic E-state index is 11.2. The van der Waals surface area contributed by atoms with Gasteiger partial charge in [0, 0.05) is 10.4 Å². The Balaban J connectivity index is 2.17. The number of carboxylic acid groups (broad SMARTS) is 1. The van der Waals surface area contributed by atoms with Crippen LogP contribution in [0.1, 0.15) is 37.4 Å². The van der Waals surface area contributed by atoms with Gasteiger partial charge in [-0.1, -0.05) is 40.9 Å². The Morgan fingerprint density at radius 2 is 1.83 bits per heavy atom. The quantitative estimate of drug-likeness (QED) is 0.899. The molecule has 3 unspecified atom stereocenters. The van der Waals surface area contributed by atoms with E-state index in [1.807, 2.05) is 24.3 Å². The molecule has 0 radical (unpaired) electrons. The average Bonchev–Trinajstić information content (AvgIpc) is 2.39. The van der Waals surface area contributed by atoms with Crippen molar-refractivity contribution in [3.8, 4) is 0 Å². The van der Waals surface area contributed by atoms with Crippen LogP contribution in [0, 0.1) is 11.8 Å². The SMILES string of the molecule is O=C(O)C1CCCCC1C(O)c1ccc(Br)cc1. The zero-order chi connectivity index (χ0) is 13.1. The summed E-state index contributed by atoms with van der Waals surface area (Å²) in [5.41, 5.74) is 0.802. The number of hydrogen-bond donors (Lipinski definition) is 2. The lowest BCUT2D eigenvalue weighted by atomic mass is 9.74. The number of hydrogen-bond acceptors (Lipinski definition) is 2. The van der Waals surface area contributed by atoms with E-state index < -0.39 is 18.0 Å². The number of benzene rings is 1. The normalized spacial score (nSPS) is 25.7. The van der Waals surface area contributed by atoms with E-state index in [9.17, 15) is 15.0 Å². The summed E-state index contributed by atoms with van der Waals surface area (Å²) < 4.78 is 0.955. The molecule has 0 bridgehead atoms. The van der Waals surface area contributed by atoms with Gasteiger partial charge in [0.2, 0.25) is 0 Å². The van der Waals surface area contributed by atoms with Crippen molar-refractivity contribution in [1.82, 2.24) is 0 Å². The van der Waals surface area contributed by atoms with Crippen molar-refractivity contribution in [2.24, 2.45) is 11.8 Å². The fourth-order valence-electron chi connectivity index (χ4n) is 2.75. The molecule has 0 saturated heterocycles. The Bertz CT molecular complexity index is 416. The van der Waals surface area contributed by atoms with Gasteiger partial charge in [-0.3, -0.25) is 4.79 Å². The van der Waals surface area contributed by atoms with Gasteiger partial charge in [-0.05, 0) is 30.5 Å². The predicted octanol–water partition coefficient (Wildman–Crippen LogP) is 3.37. The lowest BCUT2D eigenvalue weighted by molar-refractivity contribution is -0.147. The highest BCUT2D eigenvalue weighted by Gasteiger charge is 2.35. The highest BCUT2D eigenvalue weighted by atomic mass is 79.9. The number of aliphatic hydroxyl groups is 1. The molecule has 0 aliphatic heterocycles. The van der Waals surface area contributed by atoms with Crippen LogP contribution >= 0.6 is 15.9 Å². The monoisotopic (exact) mass is 312 g/mol. The molecule has 0 aromatic heterocycles. The Labute approximate surface area is 115 Å². The smallest absolute Gasteiger partial charge is 0.306 e. The maximum absolute atomic E-state index is 11.2. The second kappa shape index (κ2) is 5.85. The molecular weight excluding hydrogens is 296 g/mol. The first-order valence-electron chi connectivity index (χ1n) is 6.26. The standard InChI is InChI=1S/C14H17BrO3/c15-10-7-5-9(6-8-10)13(16)11-3-1-2-4-12(11)14(17)18/h5-8,11-13,16H,1-4H2,(H,17,18). The van der Waals surface area contributed by atoms with Crippen molar-refractivity contribution in [2.75, 3.05) is 0 Å². The highest BCUT2D eigenvalue weighted by molar-refractivity contribution is 9.10. The summed E-state index contributed by atoms with van der Waals surface area (Å²) in [6.45, 7) is 0. The first kappa shape index (κ1) is 13.6. The minimum Gasteiger partial charge on any atom is -0.481 e. The molecule has 2 rings (SSSR count). The maximum Gasteiger partial charge on any atom is 0.306 e. The van der Waals surface area contributed by atoms with Crippen molar-refractivity contribution in [3.05, 3.63) is 34.3 Å². The van der Waals surface area contributed by atoms with Crippen LogP contribution in [-0.2, 0) is 4.79 Å². The molecule has 18 heavy (non-hydrogen) atoms. The summed E-state index contributed by atoms with van der Waals surface area (Å²) in [4.78, 5) is 11.2. The van der Waals surface area contributed by atoms with E-state index in [-0.39, 0.29) is 5.92 Å². The van der Waals surface area contributed by atoms with E-state index in [1.54, 1.807) is 0 Å². The number of aliphatic carboxylic acids is 1. The fourth-order valence-corrected chi connectivity index (χ4v) is 3.02. The minimum absolute atomic E-state index is 0.169. The van der Waals surface area contributed by atoms with E-state index >= 15 is 0 Å². The van der Waals surface area contributed by atoms with E-state index in [1.165, 1.54) is 0 Å². The van der Waals surface area contributed by atoms with Gasteiger partial charge in [0.05, 0.1) is 12.0 Å². The van der Waals surface area contributed by atoms with Crippen molar-refractivity contribution < 1.29 is 15.0 Å². The number of halogens is 1. The van der Waals surface area contributed by atoms with Crippen LogP contribution in [0.25, 0.3) is 0 Å². The zero-order valence-corrected chi connectivity index (χ0v) is 11.6. The number of carbonyl (C=O) groups is 1. The molecule has 2 N–H and O–H groups in total. The number of rotatable bonds is 3. The van der Waals surface area contributed by atoms with Gasteiger partial charge in [-0.25, -0.2) is 0 Å². The molecule has 1 aliphatic rings. The van der Waals surface area contributed by atoms with Gasteiger partial charge >= 0.3 is 5.97 Å². The molecule has 0 amide bonds. The highest BCUT2D eigenvalue weighted by Crippen LogP contribution is 2.39. The first-order valence-corrected chi connectivity index (χ1v) is 7.05. The molecule has 1 saturated carbocycles. The largest absolute Gasteiger partial charge is 0.481 e. The molecular formula is C14H17BrO3. The Kier molecular flexibility index (Phi) is 4.40. The van der Waals surface area contributed by atoms with E-state index in [2.05, 4.69) is 15.9 Å². The summed E-state index contributed by atoms with van der Waals surface area (Å²) in [5, 5.41) is 19.6. The second-order valence-electron chi connectivity index (χ2n) is 4.89. The minimum atomic E-state index is -0.782. The van der Waals surface area contributed by atoms with E-state index in [0.29, 0.717) is 6.42 Å². The Hall–Kier alpha value is -0.870. The topological polar surface area (TPSA) is 57.5 Å². The third-order valence-corrected chi connectivity index (χ3v) is 4.28. The molecule has 1 fully saturated rings. The van der Waals surface area contributed by atoms with Crippen molar-refractivity contribution in [2.45, 2.75) is 31.8 Å². The second-order valence-corrected chi connectivity index (χ2v) is 5.81. The summed E-state index contributed by atoms with van der Waals surface area (Å²) in [6, 6.07) is 7.44. The van der Waals surface area contributed by atoms with Gasteiger partial charge in [0.25, 0.3) is 0 Å². The van der Waals surface area contributed by atoms with Crippen LogP contribution < -0.4 is 0 Å². The summed E-state index contributed by atoms with van der Waals surface area (Å²) >= 11 is 3.35. The average molecular weight is 313 g/mol. The fraction of sp³-hybridized carbons (Fsp3) is 0.500. The van der Waals surface area contributed by atoms with Crippen molar-refractivity contribution in [3.63, 3.8) is 0 Å². The molecule has 1 aromatic carbocycles. The Morgan fingerprint density at radius 1 is 1.22 bits per heavy atom. The van der Waals surface area contributed by atoms with Crippen molar-refractivity contribution >= 4 is 21.9 Å². The van der Waals surface area contributed by atoms with Gasteiger partial charge in [0.1, 0.15) is 0 Å². The summed E-state index contributed by atoms with van der Waals surface area (Å²) in [7, 11) is 0. The first-order chi connectivity index (χ1) is 8.59. The van der Waals surface area contributed by atoms with Crippen molar-refractivity contribution in [1.29, 1.82) is 0 Å². The van der Waals surface area contributed by atoms with Gasteiger partial charge in [0.15, 0.2) is 0 Å². The summed E-state index contributed by atoms with van der Waals surface area (Å²) in [6.07, 6.45) is 2.73. The van der Waals surface area contributed by atoms with Crippen LogP contribution in [0.5, 0.6) is 0 Å². The van der Waals surface area contributed by atoms with E-state index in [0.717, 1.165) is 29.3 Å². The Morgan fingerprint density at radius 3 is 2.44 bits per heavy atom. The molecule has 0 heterocycles. The molecule has 98 valence electrons. The lowest BCUT2D eigenvalue weighted by Crippen LogP contribution is -2.31. The third kappa shape index (κ3) is 2.93. The predicted molar refractivity (Wildman–Crippen MR) is 72.2 cm³/mol. The molecule has 3 atom stereocenters. The van der Waals surface area contributed by atoms with Crippen LogP contribution in [0.15, 0.2) is 28.7 Å². The van der Waals surface area contributed by atoms with Gasteiger partial charge in [-0.2, -0.15) is 0 Å². The molecule has 0 spiro atoms. The lowest BCUT2D eigenvalue weighted by Gasteiger charge is -2.32. The number of aliphatic hydroxyl groups excluding tert-OH is 1. The zero-order valence-electron chi connectivity index (χ0n) is 10.1.